The second-order valence-corrected chi connectivity index (χ2v) is 3.74. The monoisotopic (exact) mass is 246 g/mol. The summed E-state index contributed by atoms with van der Waals surface area (Å²) < 4.78 is 35.9. The van der Waals surface area contributed by atoms with Crippen LogP contribution in [0, 0.1) is 6.92 Å². The van der Waals surface area contributed by atoms with Crippen LogP contribution < -0.4 is 0 Å². The quantitative estimate of drug-likeness (QED) is 0.625. The van der Waals surface area contributed by atoms with Crippen molar-refractivity contribution in [3.05, 3.63) is 41.5 Å². The van der Waals surface area contributed by atoms with Crippen molar-refractivity contribution < 1.29 is 18.0 Å². The molecule has 1 aromatic rings. The molecule has 0 N–H and O–H groups in total. The Balaban J connectivity index is 2.94. The summed E-state index contributed by atoms with van der Waals surface area (Å²) in [5.74, 6) is -1.90. The first kappa shape index (κ1) is 12.8. The maximum Gasteiger partial charge on any atom is 0.454 e. The Morgan fingerprint density at radius 2 is 1.75 bits per heavy atom. The number of ketones is 1. The molecule has 0 atom stereocenters. The molecule has 0 fully saturated rings. The Morgan fingerprint density at radius 3 is 2.19 bits per heavy atom. The zero-order chi connectivity index (χ0) is 12.3. The van der Waals surface area contributed by atoms with Crippen molar-refractivity contribution in [3.8, 4) is 0 Å². The minimum absolute atomic E-state index is 0.00215. The molecule has 0 aliphatic heterocycles. The number of hydrogen-bond donors (Lipinski definition) is 1. The van der Waals surface area contributed by atoms with Gasteiger partial charge in [0.25, 0.3) is 5.78 Å². The second kappa shape index (κ2) is 4.74. The van der Waals surface area contributed by atoms with Gasteiger partial charge < -0.3 is 0 Å². The first-order valence-corrected chi connectivity index (χ1v) is 4.84. The third-order valence-electron chi connectivity index (χ3n) is 1.89. The molecular formula is C11H9F3OS. The standard InChI is InChI=1S/C11H9F3OS/c1-7-2-4-8(5-3-7)9(16)6-10(15)11(12,13)14/h2-6,16H,1H3/b9-6-. The van der Waals surface area contributed by atoms with E-state index in [0.29, 0.717) is 11.6 Å². The lowest BCUT2D eigenvalue weighted by molar-refractivity contribution is -0.165. The largest absolute Gasteiger partial charge is 0.454 e. The van der Waals surface area contributed by atoms with E-state index in [9.17, 15) is 18.0 Å². The van der Waals surface area contributed by atoms with Crippen LogP contribution in [0.25, 0.3) is 4.91 Å². The number of hydrogen-bond acceptors (Lipinski definition) is 2. The van der Waals surface area contributed by atoms with Crippen LogP contribution in [0.3, 0.4) is 0 Å². The molecule has 1 rings (SSSR count). The Labute approximate surface area is 96.4 Å². The average Bonchev–Trinajstić information content (AvgIpc) is 2.17. The van der Waals surface area contributed by atoms with Crippen molar-refractivity contribution in [1.82, 2.24) is 0 Å². The van der Waals surface area contributed by atoms with E-state index in [1.165, 1.54) is 0 Å². The molecule has 0 saturated heterocycles. The minimum Gasteiger partial charge on any atom is -0.285 e. The lowest BCUT2D eigenvalue weighted by Gasteiger charge is -2.03. The molecule has 0 aliphatic carbocycles. The zero-order valence-electron chi connectivity index (χ0n) is 8.38. The third kappa shape index (κ3) is 3.41. The molecule has 0 radical (unpaired) electrons. The van der Waals surface area contributed by atoms with Gasteiger partial charge >= 0.3 is 6.18 Å². The number of aryl methyl sites for hydroxylation is 1. The van der Waals surface area contributed by atoms with Crippen LogP contribution in [0.5, 0.6) is 0 Å². The summed E-state index contributed by atoms with van der Waals surface area (Å²) in [6, 6.07) is 6.69. The summed E-state index contributed by atoms with van der Waals surface area (Å²) in [5.41, 5.74) is 1.46. The highest BCUT2D eigenvalue weighted by molar-refractivity contribution is 7.90. The summed E-state index contributed by atoms with van der Waals surface area (Å²) in [7, 11) is 0. The van der Waals surface area contributed by atoms with Crippen LogP contribution >= 0.6 is 12.6 Å². The SMILES string of the molecule is Cc1ccc(/C(S)=C/C(=O)C(F)(F)F)cc1. The van der Waals surface area contributed by atoms with E-state index in [4.69, 9.17) is 0 Å². The predicted octanol–water partition coefficient (Wildman–Crippen LogP) is 3.40. The third-order valence-corrected chi connectivity index (χ3v) is 2.28. The van der Waals surface area contributed by atoms with E-state index < -0.39 is 12.0 Å². The second-order valence-electron chi connectivity index (χ2n) is 3.26. The van der Waals surface area contributed by atoms with Gasteiger partial charge in [-0.05, 0) is 12.5 Å². The van der Waals surface area contributed by atoms with Crippen LogP contribution in [-0.2, 0) is 4.79 Å². The maximum absolute atomic E-state index is 12.0. The van der Waals surface area contributed by atoms with Crippen LogP contribution in [0.4, 0.5) is 13.2 Å². The molecule has 0 aromatic heterocycles. The van der Waals surface area contributed by atoms with Gasteiger partial charge in [0, 0.05) is 11.0 Å². The van der Waals surface area contributed by atoms with E-state index in [0.717, 1.165) is 5.56 Å². The van der Waals surface area contributed by atoms with Crippen LogP contribution in [0.15, 0.2) is 30.3 Å². The molecule has 1 aromatic carbocycles. The van der Waals surface area contributed by atoms with Gasteiger partial charge in [0.05, 0.1) is 0 Å². The van der Waals surface area contributed by atoms with Crippen LogP contribution in [-0.4, -0.2) is 12.0 Å². The fraction of sp³-hybridized carbons (Fsp3) is 0.182. The van der Waals surface area contributed by atoms with E-state index in [-0.39, 0.29) is 4.91 Å². The molecule has 0 aliphatic rings. The lowest BCUT2D eigenvalue weighted by atomic mass is 10.1. The molecule has 0 spiro atoms. The van der Waals surface area contributed by atoms with Crippen molar-refractivity contribution in [2.45, 2.75) is 13.1 Å². The molecule has 1 nitrogen and oxygen atoms in total. The van der Waals surface area contributed by atoms with Gasteiger partial charge in [-0.25, -0.2) is 0 Å². The number of benzene rings is 1. The number of carbonyl (C=O) groups is 1. The molecule has 16 heavy (non-hydrogen) atoms. The summed E-state index contributed by atoms with van der Waals surface area (Å²) in [4.78, 5) is 10.7. The summed E-state index contributed by atoms with van der Waals surface area (Å²) in [6.45, 7) is 1.85. The smallest absolute Gasteiger partial charge is 0.285 e. The number of thiol groups is 1. The molecule has 0 saturated carbocycles. The number of rotatable bonds is 2. The molecule has 0 bridgehead atoms. The zero-order valence-corrected chi connectivity index (χ0v) is 9.27. The van der Waals surface area contributed by atoms with Gasteiger partial charge in [-0.3, -0.25) is 4.79 Å². The fourth-order valence-corrected chi connectivity index (χ4v) is 1.28. The first-order chi connectivity index (χ1) is 7.30. The summed E-state index contributed by atoms with van der Waals surface area (Å²) in [6.07, 6.45) is -4.37. The van der Waals surface area contributed by atoms with Gasteiger partial charge in [-0.15, -0.1) is 12.6 Å². The molecule has 0 amide bonds. The Morgan fingerprint density at radius 1 is 1.25 bits per heavy atom. The number of alkyl halides is 3. The van der Waals surface area contributed by atoms with Crippen molar-refractivity contribution in [2.75, 3.05) is 0 Å². The molecule has 5 heteroatoms. The van der Waals surface area contributed by atoms with Crippen molar-refractivity contribution in [3.63, 3.8) is 0 Å². The van der Waals surface area contributed by atoms with E-state index >= 15 is 0 Å². The number of allylic oxidation sites excluding steroid dienone is 1. The fourth-order valence-electron chi connectivity index (χ4n) is 1.01. The Kier molecular flexibility index (Phi) is 3.80. The lowest BCUT2D eigenvalue weighted by Crippen LogP contribution is -2.20. The van der Waals surface area contributed by atoms with Gasteiger partial charge in [-0.2, -0.15) is 13.2 Å². The highest BCUT2D eigenvalue weighted by Gasteiger charge is 2.36. The minimum atomic E-state index is -4.85. The van der Waals surface area contributed by atoms with Crippen molar-refractivity contribution in [2.24, 2.45) is 0 Å². The maximum atomic E-state index is 12.0. The first-order valence-electron chi connectivity index (χ1n) is 4.39. The van der Waals surface area contributed by atoms with Crippen LogP contribution in [0.1, 0.15) is 11.1 Å². The highest BCUT2D eigenvalue weighted by atomic mass is 32.1. The Bertz CT molecular complexity index is 418. The highest BCUT2D eigenvalue weighted by Crippen LogP contribution is 2.23. The normalized spacial score (nSPS) is 12.7. The Hall–Kier alpha value is -1.23. The van der Waals surface area contributed by atoms with Gasteiger partial charge in [0.15, 0.2) is 0 Å². The topological polar surface area (TPSA) is 17.1 Å². The molecule has 0 unspecified atom stereocenters. The number of halogens is 3. The van der Waals surface area contributed by atoms with E-state index in [1.54, 1.807) is 24.3 Å². The van der Waals surface area contributed by atoms with Crippen LogP contribution in [0.2, 0.25) is 0 Å². The van der Waals surface area contributed by atoms with E-state index in [2.05, 4.69) is 12.6 Å². The van der Waals surface area contributed by atoms with Gasteiger partial charge in [0.2, 0.25) is 0 Å². The van der Waals surface area contributed by atoms with E-state index in [1.807, 2.05) is 6.92 Å². The predicted molar refractivity (Wildman–Crippen MR) is 59.2 cm³/mol. The average molecular weight is 246 g/mol. The van der Waals surface area contributed by atoms with Gasteiger partial charge in [0.1, 0.15) is 0 Å². The van der Waals surface area contributed by atoms with Crippen molar-refractivity contribution in [1.29, 1.82) is 0 Å². The molecular weight excluding hydrogens is 237 g/mol. The summed E-state index contributed by atoms with van der Waals surface area (Å²) >= 11 is 3.87. The molecule has 86 valence electrons. The van der Waals surface area contributed by atoms with Gasteiger partial charge in [-0.1, -0.05) is 29.8 Å². The van der Waals surface area contributed by atoms with Crippen molar-refractivity contribution >= 4 is 23.3 Å². The summed E-state index contributed by atoms with van der Waals surface area (Å²) in [5, 5.41) is 0. The number of carbonyl (C=O) groups excluding carboxylic acids is 1. The molecule has 0 heterocycles.